The molecule has 0 heterocycles. The number of nitro benzene ring substituents is 1. The van der Waals surface area contributed by atoms with Gasteiger partial charge >= 0.3 is 5.69 Å². The van der Waals surface area contributed by atoms with Crippen LogP contribution in [0.4, 0.5) is 5.69 Å². The number of amides is 1. The lowest BCUT2D eigenvalue weighted by atomic mass is 10.1. The van der Waals surface area contributed by atoms with Crippen LogP contribution in [0.5, 0.6) is 0 Å². The fourth-order valence-corrected chi connectivity index (χ4v) is 2.14. The molecule has 1 aromatic carbocycles. The van der Waals surface area contributed by atoms with Gasteiger partial charge in [0.15, 0.2) is 0 Å². The smallest absolute Gasteiger partial charge is 0.300 e. The minimum atomic E-state index is -0.606. The number of carbonyl (C=O) groups excluding carboxylic acids is 1. The van der Waals surface area contributed by atoms with E-state index in [1.165, 1.54) is 12.1 Å². The first-order valence-corrected chi connectivity index (χ1v) is 6.62. The van der Waals surface area contributed by atoms with E-state index in [4.69, 9.17) is 11.6 Å². The molecule has 19 heavy (non-hydrogen) atoms. The van der Waals surface area contributed by atoms with Crippen molar-refractivity contribution in [3.63, 3.8) is 0 Å². The average molecular weight is 285 g/mol. The molecule has 0 saturated carbocycles. The summed E-state index contributed by atoms with van der Waals surface area (Å²) < 4.78 is 0. The minimum Gasteiger partial charge on any atom is -0.338 e. The molecule has 0 atom stereocenters. The third-order valence-electron chi connectivity index (χ3n) is 2.67. The van der Waals surface area contributed by atoms with E-state index >= 15 is 0 Å². The molecule has 5 nitrogen and oxygen atoms in total. The molecule has 0 unspecified atom stereocenters. The number of hydrogen-bond donors (Lipinski definition) is 0. The molecule has 104 valence electrons. The van der Waals surface area contributed by atoms with Gasteiger partial charge in [-0.25, -0.2) is 0 Å². The Balaban J connectivity index is 3.17. The van der Waals surface area contributed by atoms with Gasteiger partial charge in [-0.1, -0.05) is 31.5 Å². The summed E-state index contributed by atoms with van der Waals surface area (Å²) in [6.07, 6.45) is 1.61. The normalized spacial score (nSPS) is 10.3. The molecule has 1 rings (SSSR count). The lowest BCUT2D eigenvalue weighted by Crippen LogP contribution is -2.32. The molecule has 0 bridgehead atoms. The Morgan fingerprint density at radius 1 is 1.32 bits per heavy atom. The van der Waals surface area contributed by atoms with Crippen LogP contribution in [0.2, 0.25) is 5.02 Å². The number of carbonyl (C=O) groups is 1. The standard InChI is InChI=1S/C13H17ClN2O3/c1-3-8-15(9-4-2)13(17)10-6-5-7-11(14)12(10)16(18)19/h5-7H,3-4,8-9H2,1-2H3. The van der Waals surface area contributed by atoms with E-state index in [-0.39, 0.29) is 22.2 Å². The van der Waals surface area contributed by atoms with E-state index < -0.39 is 4.92 Å². The van der Waals surface area contributed by atoms with Gasteiger partial charge in [-0.05, 0) is 25.0 Å². The van der Waals surface area contributed by atoms with Gasteiger partial charge in [0.1, 0.15) is 10.6 Å². The number of rotatable bonds is 6. The highest BCUT2D eigenvalue weighted by molar-refractivity contribution is 6.33. The zero-order chi connectivity index (χ0) is 14.4. The number of para-hydroxylation sites is 1. The quantitative estimate of drug-likeness (QED) is 0.593. The van der Waals surface area contributed by atoms with Crippen molar-refractivity contribution in [1.82, 2.24) is 4.90 Å². The Hall–Kier alpha value is -1.62. The third kappa shape index (κ3) is 3.67. The van der Waals surface area contributed by atoms with Crippen LogP contribution in [0.3, 0.4) is 0 Å². The topological polar surface area (TPSA) is 63.5 Å². The van der Waals surface area contributed by atoms with Crippen LogP contribution in [0.25, 0.3) is 0 Å². The highest BCUT2D eigenvalue weighted by Crippen LogP contribution is 2.29. The van der Waals surface area contributed by atoms with Crippen LogP contribution in [-0.4, -0.2) is 28.8 Å². The highest BCUT2D eigenvalue weighted by Gasteiger charge is 2.26. The predicted octanol–water partition coefficient (Wildman–Crippen LogP) is 3.51. The number of halogens is 1. The molecule has 0 spiro atoms. The van der Waals surface area contributed by atoms with E-state index in [1.54, 1.807) is 11.0 Å². The number of hydrogen-bond acceptors (Lipinski definition) is 3. The summed E-state index contributed by atoms with van der Waals surface area (Å²) >= 11 is 5.81. The molecule has 0 aliphatic heterocycles. The summed E-state index contributed by atoms with van der Waals surface area (Å²) in [5.41, 5.74) is -0.259. The minimum absolute atomic E-state index is 0.0104. The van der Waals surface area contributed by atoms with Gasteiger partial charge in [-0.2, -0.15) is 0 Å². The van der Waals surface area contributed by atoms with Crippen molar-refractivity contribution in [2.24, 2.45) is 0 Å². The summed E-state index contributed by atoms with van der Waals surface area (Å²) in [4.78, 5) is 24.4. The van der Waals surface area contributed by atoms with Gasteiger partial charge in [0, 0.05) is 13.1 Å². The van der Waals surface area contributed by atoms with E-state index in [1.807, 2.05) is 13.8 Å². The van der Waals surface area contributed by atoms with Crippen molar-refractivity contribution in [3.8, 4) is 0 Å². The van der Waals surface area contributed by atoms with Crippen LogP contribution in [0.1, 0.15) is 37.0 Å². The van der Waals surface area contributed by atoms with E-state index in [9.17, 15) is 14.9 Å². The maximum atomic E-state index is 12.4. The SMILES string of the molecule is CCCN(CCC)C(=O)c1cccc(Cl)c1[N+](=O)[O-]. The van der Waals surface area contributed by atoms with Crippen molar-refractivity contribution in [2.45, 2.75) is 26.7 Å². The van der Waals surface area contributed by atoms with Crippen LogP contribution in [0, 0.1) is 10.1 Å². The summed E-state index contributed by atoms with van der Waals surface area (Å²) in [6.45, 7) is 5.08. The summed E-state index contributed by atoms with van der Waals surface area (Å²) in [5.74, 6) is -0.335. The molecular formula is C13H17ClN2O3. The van der Waals surface area contributed by atoms with Crippen molar-refractivity contribution >= 4 is 23.2 Å². The highest BCUT2D eigenvalue weighted by atomic mass is 35.5. The van der Waals surface area contributed by atoms with E-state index in [0.29, 0.717) is 13.1 Å². The Labute approximate surface area is 117 Å². The number of nitro groups is 1. The molecule has 0 aromatic heterocycles. The van der Waals surface area contributed by atoms with Gasteiger partial charge in [-0.15, -0.1) is 0 Å². The summed E-state index contributed by atoms with van der Waals surface area (Å²) in [7, 11) is 0. The monoisotopic (exact) mass is 284 g/mol. The second kappa shape index (κ2) is 7.09. The average Bonchev–Trinajstić information content (AvgIpc) is 2.37. The fourth-order valence-electron chi connectivity index (χ4n) is 1.90. The van der Waals surface area contributed by atoms with Gasteiger partial charge in [0.2, 0.25) is 0 Å². The fraction of sp³-hybridized carbons (Fsp3) is 0.462. The van der Waals surface area contributed by atoms with Crippen molar-refractivity contribution in [1.29, 1.82) is 0 Å². The van der Waals surface area contributed by atoms with Crippen LogP contribution < -0.4 is 0 Å². The molecular weight excluding hydrogens is 268 g/mol. The van der Waals surface area contributed by atoms with E-state index in [0.717, 1.165) is 12.8 Å². The maximum Gasteiger partial charge on any atom is 0.300 e. The maximum absolute atomic E-state index is 12.4. The Bertz CT molecular complexity index is 471. The molecule has 0 fully saturated rings. The van der Waals surface area contributed by atoms with E-state index in [2.05, 4.69) is 0 Å². The van der Waals surface area contributed by atoms with Crippen LogP contribution in [0.15, 0.2) is 18.2 Å². The Morgan fingerprint density at radius 2 is 1.89 bits per heavy atom. The molecule has 0 radical (unpaired) electrons. The van der Waals surface area contributed by atoms with Crippen LogP contribution >= 0.6 is 11.6 Å². The van der Waals surface area contributed by atoms with Gasteiger partial charge in [0.05, 0.1) is 4.92 Å². The van der Waals surface area contributed by atoms with Crippen molar-refractivity contribution < 1.29 is 9.72 Å². The van der Waals surface area contributed by atoms with Crippen LogP contribution in [-0.2, 0) is 0 Å². The second-order valence-electron chi connectivity index (χ2n) is 4.19. The molecule has 0 saturated heterocycles. The number of benzene rings is 1. The number of nitrogens with zero attached hydrogens (tertiary/aromatic N) is 2. The molecule has 0 N–H and O–H groups in total. The zero-order valence-corrected chi connectivity index (χ0v) is 11.8. The molecule has 0 aliphatic carbocycles. The largest absolute Gasteiger partial charge is 0.338 e. The first kappa shape index (κ1) is 15.4. The molecule has 6 heteroatoms. The first-order valence-electron chi connectivity index (χ1n) is 6.25. The second-order valence-corrected chi connectivity index (χ2v) is 4.59. The first-order chi connectivity index (χ1) is 9.02. The predicted molar refractivity (Wildman–Crippen MR) is 74.6 cm³/mol. The summed E-state index contributed by atoms with van der Waals surface area (Å²) in [5, 5.41) is 11.0. The molecule has 1 aromatic rings. The van der Waals surface area contributed by atoms with Crippen molar-refractivity contribution in [3.05, 3.63) is 38.9 Å². The molecule has 0 aliphatic rings. The lowest BCUT2D eigenvalue weighted by Gasteiger charge is -2.21. The zero-order valence-electron chi connectivity index (χ0n) is 11.1. The summed E-state index contributed by atoms with van der Waals surface area (Å²) in [6, 6.07) is 4.42. The third-order valence-corrected chi connectivity index (χ3v) is 2.98. The Kier molecular flexibility index (Phi) is 5.76. The molecule has 1 amide bonds. The van der Waals surface area contributed by atoms with Gasteiger partial charge in [-0.3, -0.25) is 14.9 Å². The van der Waals surface area contributed by atoms with Gasteiger partial charge < -0.3 is 4.90 Å². The Morgan fingerprint density at radius 3 is 2.37 bits per heavy atom. The lowest BCUT2D eigenvalue weighted by molar-refractivity contribution is -0.385. The van der Waals surface area contributed by atoms with Crippen molar-refractivity contribution in [2.75, 3.05) is 13.1 Å². The van der Waals surface area contributed by atoms with Gasteiger partial charge in [0.25, 0.3) is 5.91 Å².